The number of para-hydroxylation sites is 1. The second-order valence-corrected chi connectivity index (χ2v) is 10.6. The van der Waals surface area contributed by atoms with Crippen LogP contribution in [0.5, 0.6) is 0 Å². The van der Waals surface area contributed by atoms with E-state index in [-0.39, 0.29) is 0 Å². The van der Waals surface area contributed by atoms with E-state index in [1.807, 2.05) is 35.6 Å². The highest BCUT2D eigenvalue weighted by Crippen LogP contribution is 2.45. The highest BCUT2D eigenvalue weighted by molar-refractivity contribution is 7.26. The first-order valence-corrected chi connectivity index (χ1v) is 13.5. The molecule has 2 aromatic heterocycles. The van der Waals surface area contributed by atoms with Gasteiger partial charge in [-0.1, -0.05) is 91.5 Å². The van der Waals surface area contributed by atoms with Crippen molar-refractivity contribution in [3.8, 4) is 0 Å². The third-order valence-electron chi connectivity index (χ3n) is 7.26. The average Bonchev–Trinajstić information content (AvgIpc) is 3.50. The van der Waals surface area contributed by atoms with Crippen LogP contribution in [0.15, 0.2) is 120 Å². The first kappa shape index (κ1) is 22.6. The molecule has 0 unspecified atom stereocenters. The molecule has 0 N–H and O–H groups in total. The van der Waals surface area contributed by atoms with Crippen LogP contribution in [0, 0.1) is 6.92 Å². The van der Waals surface area contributed by atoms with Crippen LogP contribution in [0.4, 0.5) is 11.4 Å². The van der Waals surface area contributed by atoms with Crippen molar-refractivity contribution < 1.29 is 4.42 Å². The van der Waals surface area contributed by atoms with Gasteiger partial charge >= 0.3 is 0 Å². The summed E-state index contributed by atoms with van der Waals surface area (Å²) in [5.74, 6) is 0. The van der Waals surface area contributed by atoms with Crippen molar-refractivity contribution in [3.63, 3.8) is 0 Å². The first-order chi connectivity index (χ1) is 18.6. The van der Waals surface area contributed by atoms with Crippen molar-refractivity contribution in [1.29, 1.82) is 0 Å². The first-order valence-electron chi connectivity index (χ1n) is 12.7. The van der Waals surface area contributed by atoms with E-state index in [4.69, 9.17) is 4.42 Å². The van der Waals surface area contributed by atoms with E-state index in [0.717, 1.165) is 38.7 Å². The number of rotatable bonds is 4. The Labute approximate surface area is 224 Å². The fourth-order valence-electron chi connectivity index (χ4n) is 5.41. The van der Waals surface area contributed by atoms with Gasteiger partial charge in [0, 0.05) is 47.2 Å². The van der Waals surface area contributed by atoms with E-state index in [1.165, 1.54) is 36.5 Å². The Hall–Kier alpha value is -4.60. The highest BCUT2D eigenvalue weighted by atomic mass is 32.1. The number of fused-ring (bicyclic) bond motifs is 6. The second-order valence-electron chi connectivity index (χ2n) is 9.58. The largest absolute Gasteiger partial charge is 0.454 e. The van der Waals surface area contributed by atoms with Crippen molar-refractivity contribution in [2.45, 2.75) is 6.92 Å². The number of benzene rings is 5. The monoisotopic (exact) mass is 507 g/mol. The molecule has 0 aliphatic heterocycles. The molecule has 7 aromatic rings. The lowest BCUT2D eigenvalue weighted by molar-refractivity contribution is 0.572. The average molecular weight is 508 g/mol. The van der Waals surface area contributed by atoms with Crippen LogP contribution in [0.25, 0.3) is 54.2 Å². The molecular formula is C35H25NOS. The Balaban J connectivity index is 1.65. The van der Waals surface area contributed by atoms with Crippen molar-refractivity contribution in [3.05, 3.63) is 132 Å². The van der Waals surface area contributed by atoms with Crippen LogP contribution >= 0.6 is 11.3 Å². The van der Waals surface area contributed by atoms with Gasteiger partial charge in [0.05, 0.1) is 11.4 Å². The zero-order chi connectivity index (χ0) is 25.8. The summed E-state index contributed by atoms with van der Waals surface area (Å²) in [7, 11) is 0. The summed E-state index contributed by atoms with van der Waals surface area (Å²) in [4.78, 5) is 2.27. The van der Waals surface area contributed by atoms with E-state index in [2.05, 4.69) is 110 Å². The van der Waals surface area contributed by atoms with Crippen molar-refractivity contribution in [2.24, 2.45) is 0 Å². The Morgan fingerprint density at radius 3 is 2.16 bits per heavy atom. The molecule has 0 amide bonds. The summed E-state index contributed by atoms with van der Waals surface area (Å²) in [6, 6.07) is 36.3. The molecule has 0 aliphatic carbocycles. The minimum atomic E-state index is 0.723. The van der Waals surface area contributed by atoms with Gasteiger partial charge in [0.15, 0.2) is 5.42 Å². The fraction of sp³-hybridized carbons (Fsp3) is 0.0286. The molecule has 38 heavy (non-hydrogen) atoms. The number of aryl methyl sites for hydroxylation is 1. The minimum absolute atomic E-state index is 0.723. The zero-order valence-corrected chi connectivity index (χ0v) is 21.9. The molecule has 182 valence electrons. The number of hydrogen-bond acceptors (Lipinski definition) is 3. The normalized spacial score (nSPS) is 12.4. The van der Waals surface area contributed by atoms with Crippen molar-refractivity contribution in [1.82, 2.24) is 0 Å². The van der Waals surface area contributed by atoms with E-state index in [0.29, 0.717) is 0 Å². The predicted octanol–water partition coefficient (Wildman–Crippen LogP) is 8.81. The lowest BCUT2D eigenvalue weighted by atomic mass is 10.0. The molecule has 0 saturated heterocycles. The molecule has 5 aromatic carbocycles. The molecule has 0 aliphatic rings. The maximum Gasteiger partial charge on any atom is 0.158 e. The van der Waals surface area contributed by atoms with E-state index >= 15 is 0 Å². The van der Waals surface area contributed by atoms with Crippen molar-refractivity contribution >= 4 is 76.9 Å². The number of anilines is 2. The summed E-state index contributed by atoms with van der Waals surface area (Å²) in [5, 5.41) is 6.80. The molecule has 2 nitrogen and oxygen atoms in total. The fourth-order valence-corrected chi connectivity index (χ4v) is 6.63. The SMILES string of the molecule is C=C/C(=c1/oc2ccccc2c1=C)N(c1ccc(C)cc1)c1cc2c3ccccc3sc2c2ccccc12. The Morgan fingerprint density at radius 1 is 0.763 bits per heavy atom. The molecule has 2 heterocycles. The summed E-state index contributed by atoms with van der Waals surface area (Å²) in [6.07, 6.45) is 1.89. The van der Waals surface area contributed by atoms with Crippen LogP contribution in [-0.4, -0.2) is 0 Å². The Bertz CT molecular complexity index is 2130. The van der Waals surface area contributed by atoms with Gasteiger partial charge in [-0.15, -0.1) is 11.3 Å². The molecule has 0 spiro atoms. The maximum absolute atomic E-state index is 6.44. The van der Waals surface area contributed by atoms with Crippen LogP contribution < -0.4 is 15.5 Å². The molecule has 0 radical (unpaired) electrons. The summed E-state index contributed by atoms with van der Waals surface area (Å²) in [6.45, 7) is 10.8. The highest BCUT2D eigenvalue weighted by Gasteiger charge is 2.21. The minimum Gasteiger partial charge on any atom is -0.454 e. The third kappa shape index (κ3) is 3.40. The lowest BCUT2D eigenvalue weighted by Crippen LogP contribution is -2.29. The number of hydrogen-bond donors (Lipinski definition) is 0. The Kier molecular flexibility index (Phi) is 5.20. The van der Waals surface area contributed by atoms with E-state index in [9.17, 15) is 0 Å². The van der Waals surface area contributed by atoms with Crippen LogP contribution in [0.1, 0.15) is 5.56 Å². The quantitative estimate of drug-likeness (QED) is 0.237. The summed E-state index contributed by atoms with van der Waals surface area (Å²) >= 11 is 1.85. The van der Waals surface area contributed by atoms with Gasteiger partial charge in [-0.25, -0.2) is 0 Å². The van der Waals surface area contributed by atoms with Gasteiger partial charge in [0.2, 0.25) is 0 Å². The zero-order valence-electron chi connectivity index (χ0n) is 21.1. The van der Waals surface area contributed by atoms with E-state index < -0.39 is 0 Å². The van der Waals surface area contributed by atoms with E-state index in [1.54, 1.807) is 0 Å². The molecule has 0 bridgehead atoms. The molecule has 0 saturated carbocycles. The lowest BCUT2D eigenvalue weighted by Gasteiger charge is -2.27. The smallest absolute Gasteiger partial charge is 0.158 e. The third-order valence-corrected chi connectivity index (χ3v) is 8.48. The van der Waals surface area contributed by atoms with Crippen LogP contribution in [0.2, 0.25) is 0 Å². The van der Waals surface area contributed by atoms with Gasteiger partial charge in [-0.05, 0) is 43.3 Å². The Morgan fingerprint density at radius 2 is 1.42 bits per heavy atom. The van der Waals surface area contributed by atoms with Gasteiger partial charge in [-0.3, -0.25) is 0 Å². The standard InChI is InChI=1S/C35H25NOS/c1-4-30(34-23(3)25-11-7-9-15-32(25)37-34)36(24-19-17-22(2)18-20-24)31-21-29-27-13-8-10-16-33(27)38-35(29)28-14-6-5-12-26(28)31/h4-21H,1,3H2,2H3/b34-30-. The van der Waals surface area contributed by atoms with Gasteiger partial charge in [0.25, 0.3) is 0 Å². The van der Waals surface area contributed by atoms with Crippen LogP contribution in [0.3, 0.4) is 0 Å². The molecular weight excluding hydrogens is 482 g/mol. The van der Waals surface area contributed by atoms with Crippen LogP contribution in [-0.2, 0) is 0 Å². The maximum atomic E-state index is 6.44. The van der Waals surface area contributed by atoms with Gasteiger partial charge < -0.3 is 9.32 Å². The summed E-state index contributed by atoms with van der Waals surface area (Å²) in [5.41, 5.74) is 5.73. The predicted molar refractivity (Wildman–Crippen MR) is 165 cm³/mol. The number of thiophene rings is 1. The second kappa shape index (κ2) is 8.76. The molecule has 3 heteroatoms. The number of nitrogens with zero attached hydrogens (tertiary/aromatic N) is 1. The summed E-state index contributed by atoms with van der Waals surface area (Å²) < 4.78 is 9.03. The molecule has 0 fully saturated rings. The molecule has 7 rings (SSSR count). The number of furan rings is 1. The van der Waals surface area contributed by atoms with Gasteiger partial charge in [-0.2, -0.15) is 0 Å². The van der Waals surface area contributed by atoms with Crippen molar-refractivity contribution in [2.75, 3.05) is 4.90 Å². The topological polar surface area (TPSA) is 16.4 Å². The molecule has 0 atom stereocenters. The van der Waals surface area contributed by atoms with Gasteiger partial charge in [0.1, 0.15) is 5.58 Å².